The van der Waals surface area contributed by atoms with Gasteiger partial charge in [-0.2, -0.15) is 8.42 Å². The number of likely N-dealkylation sites (tertiary alicyclic amines) is 2. The third-order valence-corrected chi connectivity index (χ3v) is 13.2. The molecule has 58 heavy (non-hydrogen) atoms. The number of amides is 2. The molecule has 14 nitrogen and oxygen atoms in total. The fourth-order valence-electron chi connectivity index (χ4n) is 8.02. The summed E-state index contributed by atoms with van der Waals surface area (Å²) in [6, 6.07) is 5.99. The molecule has 2 saturated heterocycles. The normalized spacial score (nSPS) is 24.8. The van der Waals surface area contributed by atoms with E-state index < -0.39 is 74.0 Å². The van der Waals surface area contributed by atoms with Crippen LogP contribution >= 0.6 is 11.6 Å². The fourth-order valence-corrected chi connectivity index (χ4v) is 9.41. The van der Waals surface area contributed by atoms with Gasteiger partial charge in [0.15, 0.2) is 5.78 Å². The van der Waals surface area contributed by atoms with E-state index in [0.717, 1.165) is 26.1 Å². The predicted octanol–water partition coefficient (Wildman–Crippen LogP) is 6.02. The molecule has 4 fully saturated rings. The molecule has 2 aromatic rings. The number of para-hydroxylation sites is 1. The van der Waals surface area contributed by atoms with Crippen molar-refractivity contribution in [2.24, 2.45) is 22.7 Å². The number of nitrogens with zero attached hydrogens (tertiary/aromatic N) is 3. The highest BCUT2D eigenvalue weighted by atomic mass is 35.5. The van der Waals surface area contributed by atoms with Crippen molar-refractivity contribution < 1.29 is 46.0 Å². The van der Waals surface area contributed by atoms with E-state index in [-0.39, 0.29) is 31.7 Å². The monoisotopic (exact) mass is 846 g/mol. The molecule has 5 atom stereocenters. The lowest BCUT2D eigenvalue weighted by molar-refractivity contribution is -0.161. The zero-order chi connectivity index (χ0) is 42.4. The van der Waals surface area contributed by atoms with Crippen LogP contribution in [0.25, 0.3) is 10.9 Å². The van der Waals surface area contributed by atoms with Crippen molar-refractivity contribution in [1.29, 1.82) is 0 Å². The third-order valence-electron chi connectivity index (χ3n) is 11.8. The number of fused-ring (bicyclic) bond motifs is 1. The first-order valence-electron chi connectivity index (χ1n) is 20.5. The van der Waals surface area contributed by atoms with Crippen molar-refractivity contribution in [2.75, 3.05) is 32.8 Å². The summed E-state index contributed by atoms with van der Waals surface area (Å²) in [6.45, 7) is 17.6. The van der Waals surface area contributed by atoms with E-state index in [4.69, 9.17) is 30.0 Å². The lowest BCUT2D eigenvalue weighted by Crippen LogP contribution is -2.49. The minimum atomic E-state index is -4.43. The Hall–Kier alpha value is -3.53. The maximum atomic E-state index is 14.8. The summed E-state index contributed by atoms with van der Waals surface area (Å²) in [4.78, 5) is 64.8. The Bertz CT molecular complexity index is 2020. The minimum Gasteiger partial charge on any atom is -0.488 e. The Morgan fingerprint density at radius 1 is 1.09 bits per heavy atom. The van der Waals surface area contributed by atoms with Crippen molar-refractivity contribution in [3.63, 3.8) is 0 Å². The molecule has 2 aliphatic carbocycles. The fraction of sp³-hybridized carbons (Fsp3) is 0.690. The van der Waals surface area contributed by atoms with Gasteiger partial charge in [0, 0.05) is 30.8 Å². The van der Waals surface area contributed by atoms with Gasteiger partial charge in [-0.25, -0.2) is 13.9 Å². The number of ketones is 1. The van der Waals surface area contributed by atoms with Gasteiger partial charge in [-0.3, -0.25) is 24.1 Å². The second-order valence-electron chi connectivity index (χ2n) is 18.9. The standard InChI is InChI=1S/C42H59ClN4O10S/c1-9-26-23-42(26,38(51)45-58(52,53)57-41(8)14-15-41)24-32(48)31-20-27(25-47(31)37(50)29(39(2,3)4)21-35(49)56-40(5,6)7)55-33-22-34(54-19-18-46-16-11-17-46)44-36-28(33)12-10-13-30(36)43/h10,12-13,22,26-27,29,31H,9,11,14-21,23-25H2,1-8H3,(H,45,51)/t26-,27-,29-,31+,42-/m1/s1. The quantitative estimate of drug-likeness (QED) is 0.184. The highest BCUT2D eigenvalue weighted by Crippen LogP contribution is 2.58. The summed E-state index contributed by atoms with van der Waals surface area (Å²) in [5.74, 6) is -2.53. The average Bonchev–Trinajstić information content (AvgIpc) is 3.95. The van der Waals surface area contributed by atoms with E-state index in [0.29, 0.717) is 59.8 Å². The van der Waals surface area contributed by atoms with Crippen LogP contribution in [-0.2, 0) is 38.4 Å². The van der Waals surface area contributed by atoms with Crippen molar-refractivity contribution in [3.05, 3.63) is 29.3 Å². The number of carbonyl (C=O) groups is 4. The van der Waals surface area contributed by atoms with Gasteiger partial charge < -0.3 is 19.1 Å². The van der Waals surface area contributed by atoms with Gasteiger partial charge in [-0.05, 0) is 89.9 Å². The number of hydrogen-bond acceptors (Lipinski definition) is 12. The van der Waals surface area contributed by atoms with Crippen molar-refractivity contribution in [3.8, 4) is 11.6 Å². The molecule has 1 aromatic carbocycles. The molecule has 2 aliphatic heterocycles. The smallest absolute Gasteiger partial charge is 0.362 e. The Balaban J connectivity index is 1.29. The van der Waals surface area contributed by atoms with Crippen LogP contribution in [0, 0.1) is 22.7 Å². The summed E-state index contributed by atoms with van der Waals surface area (Å²) in [7, 11) is -4.43. The molecule has 2 amide bonds. The van der Waals surface area contributed by atoms with E-state index in [2.05, 4.69) is 14.6 Å². The molecule has 2 saturated carbocycles. The number of carbonyl (C=O) groups excluding carboxylic acids is 4. The van der Waals surface area contributed by atoms with E-state index in [1.807, 2.05) is 33.8 Å². The zero-order valence-corrected chi connectivity index (χ0v) is 36.6. The highest BCUT2D eigenvalue weighted by Gasteiger charge is 2.62. The number of aromatic nitrogens is 1. The van der Waals surface area contributed by atoms with Gasteiger partial charge in [0.2, 0.25) is 17.7 Å². The molecule has 16 heteroatoms. The predicted molar refractivity (Wildman–Crippen MR) is 217 cm³/mol. The molecule has 1 N–H and O–H groups in total. The van der Waals surface area contributed by atoms with Gasteiger partial charge in [0.1, 0.15) is 24.1 Å². The molecule has 0 bridgehead atoms. The largest absolute Gasteiger partial charge is 0.488 e. The molecule has 3 heterocycles. The SMILES string of the molecule is CC[C@@H]1C[C@]1(CC(=O)[C@@H]1C[C@@H](Oc2cc(OCCN3CCC3)nc3c(Cl)cccc23)CN1C(=O)[C@@H](CC(=O)OC(C)(C)C)C(C)(C)C)C(=O)NS(=O)(=O)OC1(C)CC1. The molecule has 6 rings (SSSR count). The summed E-state index contributed by atoms with van der Waals surface area (Å²) < 4.78 is 51.5. The van der Waals surface area contributed by atoms with Crippen LogP contribution in [0.4, 0.5) is 0 Å². The van der Waals surface area contributed by atoms with Crippen LogP contribution in [0.3, 0.4) is 0 Å². The van der Waals surface area contributed by atoms with Crippen LogP contribution in [0.5, 0.6) is 11.6 Å². The summed E-state index contributed by atoms with van der Waals surface area (Å²) in [6.07, 6.45) is 1.99. The van der Waals surface area contributed by atoms with Crippen LogP contribution < -0.4 is 14.2 Å². The van der Waals surface area contributed by atoms with Crippen LogP contribution in [-0.4, -0.2) is 103 Å². The van der Waals surface area contributed by atoms with Gasteiger partial charge in [-0.1, -0.05) is 51.8 Å². The molecule has 0 unspecified atom stereocenters. The summed E-state index contributed by atoms with van der Waals surface area (Å²) in [5.41, 5.74) is -3.14. The van der Waals surface area contributed by atoms with Crippen molar-refractivity contribution >= 4 is 56.4 Å². The van der Waals surface area contributed by atoms with Gasteiger partial charge in [-0.15, -0.1) is 0 Å². The third kappa shape index (κ3) is 10.4. The van der Waals surface area contributed by atoms with Crippen molar-refractivity contribution in [2.45, 2.75) is 130 Å². The van der Waals surface area contributed by atoms with Gasteiger partial charge in [0.05, 0.1) is 46.5 Å². The van der Waals surface area contributed by atoms with E-state index in [9.17, 15) is 27.6 Å². The maximum Gasteiger partial charge on any atom is 0.362 e. The number of ether oxygens (including phenoxy) is 3. The van der Waals surface area contributed by atoms with Gasteiger partial charge in [0.25, 0.3) is 0 Å². The zero-order valence-electron chi connectivity index (χ0n) is 35.0. The Kier molecular flexibility index (Phi) is 12.5. The van der Waals surface area contributed by atoms with Crippen LogP contribution in [0.1, 0.15) is 107 Å². The molecule has 320 valence electrons. The molecule has 0 radical (unpaired) electrons. The lowest BCUT2D eigenvalue weighted by atomic mass is 9.77. The van der Waals surface area contributed by atoms with E-state index in [1.165, 1.54) is 4.90 Å². The Morgan fingerprint density at radius 3 is 2.38 bits per heavy atom. The number of benzene rings is 1. The van der Waals surface area contributed by atoms with Crippen LogP contribution in [0.2, 0.25) is 5.02 Å². The summed E-state index contributed by atoms with van der Waals surface area (Å²) in [5, 5.41) is 1.02. The van der Waals surface area contributed by atoms with Crippen LogP contribution in [0.15, 0.2) is 24.3 Å². The van der Waals surface area contributed by atoms with Gasteiger partial charge >= 0.3 is 16.3 Å². The minimum absolute atomic E-state index is 0.00285. The number of esters is 1. The second-order valence-corrected chi connectivity index (χ2v) is 20.5. The average molecular weight is 847 g/mol. The maximum absolute atomic E-state index is 14.8. The molecular weight excluding hydrogens is 788 g/mol. The molecule has 1 aromatic heterocycles. The molecular formula is C42H59ClN4O10S. The number of hydrogen-bond donors (Lipinski definition) is 1. The number of nitrogens with one attached hydrogen (secondary N) is 1. The first-order chi connectivity index (χ1) is 27.0. The van der Waals surface area contributed by atoms with Crippen molar-refractivity contribution in [1.82, 2.24) is 19.5 Å². The molecule has 4 aliphatic rings. The second kappa shape index (κ2) is 16.5. The number of Topliss-reactive ketones (excluding diaryl/α,β-unsaturated/α-hetero) is 1. The first-order valence-corrected chi connectivity index (χ1v) is 22.2. The Morgan fingerprint density at radius 2 is 1.79 bits per heavy atom. The number of rotatable bonds is 17. The van der Waals surface area contributed by atoms with E-state index in [1.54, 1.807) is 45.9 Å². The number of pyridine rings is 1. The lowest BCUT2D eigenvalue weighted by Gasteiger charge is -2.35. The first kappa shape index (κ1) is 44.0. The van der Waals surface area contributed by atoms with E-state index >= 15 is 0 Å². The molecule has 0 spiro atoms. The summed E-state index contributed by atoms with van der Waals surface area (Å²) >= 11 is 6.62. The topological polar surface area (TPSA) is 171 Å². The number of halogens is 1. The highest BCUT2D eigenvalue weighted by molar-refractivity contribution is 7.85. The Labute approximate surface area is 347 Å².